The lowest BCUT2D eigenvalue weighted by Crippen LogP contribution is -2.78. The zero-order valence-electron chi connectivity index (χ0n) is 20.0. The number of nitrogens with one attached hydrogen (secondary N) is 1. The summed E-state index contributed by atoms with van der Waals surface area (Å²) in [6.45, 7) is 4.18. The van der Waals surface area contributed by atoms with Gasteiger partial charge in [0.1, 0.15) is 12.2 Å². The molecule has 4 unspecified atom stereocenters. The molecule has 9 nitrogen and oxygen atoms in total. The van der Waals surface area contributed by atoms with Crippen LogP contribution in [0, 0.1) is 0 Å². The molecule has 3 heterocycles. The van der Waals surface area contributed by atoms with Crippen LogP contribution in [0.4, 0.5) is 0 Å². The summed E-state index contributed by atoms with van der Waals surface area (Å²) in [5, 5.41) is 13.0. The minimum Gasteiger partial charge on any atom is -0.363 e. The quantitative estimate of drug-likeness (QED) is 0.304. The van der Waals surface area contributed by atoms with E-state index in [0.29, 0.717) is 18.0 Å². The second kappa shape index (κ2) is 9.39. The fourth-order valence-corrected chi connectivity index (χ4v) is 5.86. The maximum absolute atomic E-state index is 13.9. The molecule has 4 aliphatic rings. The summed E-state index contributed by atoms with van der Waals surface area (Å²) < 4.78 is -0.145. The molecule has 0 radical (unpaired) electrons. The zero-order chi connectivity index (χ0) is 22.9. The van der Waals surface area contributed by atoms with E-state index in [1.165, 1.54) is 6.42 Å². The van der Waals surface area contributed by atoms with E-state index < -0.39 is 0 Å². The molecule has 4 atom stereocenters. The van der Waals surface area contributed by atoms with Crippen LogP contribution < -0.4 is 5.43 Å². The topological polar surface area (TPSA) is 89.7 Å². The molecule has 2 amide bonds. The number of quaternary nitrogens is 1. The third-order valence-corrected chi connectivity index (χ3v) is 7.64. The predicted octanol–water partition coefficient (Wildman–Crippen LogP) is 2.26. The Morgan fingerprint density at radius 2 is 1.78 bits per heavy atom. The third-order valence-electron chi connectivity index (χ3n) is 7.64. The number of hydrogen-bond donors (Lipinski definition) is 1. The van der Waals surface area contributed by atoms with Gasteiger partial charge in [-0.05, 0) is 66.0 Å². The minimum atomic E-state index is -0.161. The number of hydrogen-bond acceptors (Lipinski definition) is 8. The Hall–Kier alpha value is -2.13. The van der Waals surface area contributed by atoms with Crippen molar-refractivity contribution in [3.8, 4) is 0 Å². The predicted molar refractivity (Wildman–Crippen MR) is 123 cm³/mol. The average Bonchev–Trinajstić information content (AvgIpc) is 2.74. The number of carbonyl (C=O) groups excluding carboxylic acids is 2. The lowest BCUT2D eigenvalue weighted by molar-refractivity contribution is -0.860. The third kappa shape index (κ3) is 3.90. The van der Waals surface area contributed by atoms with Gasteiger partial charge in [0.2, 0.25) is 0 Å². The SMILES string of the molecule is CN=NC1CCCC(NN=C2C(=O)[N+]3(CCC3N(C)C)C(=O)C(N3CCCCC3)=C2C)C1. The standard InChI is InChI=1S/C23H37N7O2/c1-16-20(27-26-18-10-8-9-17(15-18)25-24-2)22(31)30(14-11-19(30)28(3)4)23(32)21(16)29-12-6-5-7-13-29/h17-19H,5-15H2,1-4H3/p+1. The van der Waals surface area contributed by atoms with Gasteiger partial charge in [0, 0.05) is 31.8 Å². The summed E-state index contributed by atoms with van der Waals surface area (Å²) >= 11 is 0. The van der Waals surface area contributed by atoms with Gasteiger partial charge >= 0.3 is 11.8 Å². The molecule has 3 aliphatic heterocycles. The molecule has 1 aliphatic carbocycles. The van der Waals surface area contributed by atoms with Crippen molar-refractivity contribution in [3.63, 3.8) is 0 Å². The van der Waals surface area contributed by atoms with E-state index >= 15 is 0 Å². The normalized spacial score (nSPS) is 35.3. The van der Waals surface area contributed by atoms with Gasteiger partial charge in [0.25, 0.3) is 0 Å². The van der Waals surface area contributed by atoms with Crippen molar-refractivity contribution in [1.29, 1.82) is 0 Å². The van der Waals surface area contributed by atoms with Crippen molar-refractivity contribution in [3.05, 3.63) is 11.3 Å². The van der Waals surface area contributed by atoms with Crippen molar-refractivity contribution in [2.75, 3.05) is 40.8 Å². The van der Waals surface area contributed by atoms with E-state index in [9.17, 15) is 9.59 Å². The highest BCUT2D eigenvalue weighted by molar-refractivity contribution is 6.46. The Kier molecular flexibility index (Phi) is 6.76. The molecular weight excluding hydrogens is 406 g/mol. The number of carbonyl (C=O) groups is 2. The number of amides is 2. The first-order valence-electron chi connectivity index (χ1n) is 12.1. The lowest BCUT2D eigenvalue weighted by atomic mass is 9.90. The van der Waals surface area contributed by atoms with Crippen LogP contribution in [0.5, 0.6) is 0 Å². The second-order valence-corrected chi connectivity index (χ2v) is 9.88. The Morgan fingerprint density at radius 1 is 1.03 bits per heavy atom. The number of azo groups is 1. The summed E-state index contributed by atoms with van der Waals surface area (Å²) in [5.74, 6) is -0.203. The lowest BCUT2D eigenvalue weighted by Gasteiger charge is -2.52. The van der Waals surface area contributed by atoms with Gasteiger partial charge in [-0.15, -0.1) is 0 Å². The van der Waals surface area contributed by atoms with Crippen LogP contribution in [0.3, 0.4) is 0 Å². The van der Waals surface area contributed by atoms with Gasteiger partial charge in [-0.1, -0.05) is 0 Å². The summed E-state index contributed by atoms with van der Waals surface area (Å²) in [6, 6.07) is 0.375. The molecule has 9 heteroatoms. The second-order valence-electron chi connectivity index (χ2n) is 9.88. The minimum absolute atomic E-state index is 0.0422. The van der Waals surface area contributed by atoms with Crippen LogP contribution in [0.1, 0.15) is 58.3 Å². The molecule has 0 bridgehead atoms. The monoisotopic (exact) mass is 444 g/mol. The van der Waals surface area contributed by atoms with Crippen molar-refractivity contribution in [2.45, 2.75) is 76.5 Å². The van der Waals surface area contributed by atoms with Gasteiger partial charge in [-0.3, -0.25) is 4.90 Å². The van der Waals surface area contributed by atoms with Gasteiger partial charge in [-0.25, -0.2) is 9.59 Å². The van der Waals surface area contributed by atoms with Crippen LogP contribution in [0.15, 0.2) is 26.6 Å². The van der Waals surface area contributed by atoms with E-state index in [1.54, 1.807) is 7.05 Å². The number of likely N-dealkylation sites (tertiary alicyclic amines) is 1. The molecule has 176 valence electrons. The first kappa shape index (κ1) is 23.0. The Bertz CT molecular complexity index is 843. The van der Waals surface area contributed by atoms with Crippen LogP contribution >= 0.6 is 0 Å². The number of piperidine rings is 1. The first-order valence-corrected chi connectivity index (χ1v) is 12.1. The maximum atomic E-state index is 13.9. The van der Waals surface area contributed by atoms with Crippen molar-refractivity contribution in [2.24, 2.45) is 15.3 Å². The van der Waals surface area contributed by atoms with Crippen molar-refractivity contribution >= 4 is 17.5 Å². The first-order chi connectivity index (χ1) is 15.4. The van der Waals surface area contributed by atoms with E-state index in [-0.39, 0.29) is 34.5 Å². The highest BCUT2D eigenvalue weighted by atomic mass is 16.2. The molecule has 0 aromatic carbocycles. The summed E-state index contributed by atoms with van der Waals surface area (Å²) in [4.78, 5) is 31.9. The van der Waals surface area contributed by atoms with Gasteiger partial charge in [0.05, 0.1) is 12.5 Å². The average molecular weight is 445 g/mol. The Morgan fingerprint density at radius 3 is 2.41 bits per heavy atom. The van der Waals surface area contributed by atoms with Gasteiger partial charge in [0.15, 0.2) is 11.9 Å². The fraction of sp³-hybridized carbons (Fsp3) is 0.783. The number of nitrogens with zero attached hydrogens (tertiary/aromatic N) is 6. The van der Waals surface area contributed by atoms with Crippen molar-refractivity contribution in [1.82, 2.24) is 15.2 Å². The number of hydrazone groups is 1. The van der Waals surface area contributed by atoms with Crippen LogP contribution in [0.2, 0.25) is 0 Å². The molecule has 1 saturated carbocycles. The highest BCUT2D eigenvalue weighted by Crippen LogP contribution is 2.39. The maximum Gasteiger partial charge on any atom is 0.375 e. The molecule has 0 aromatic rings. The largest absolute Gasteiger partial charge is 0.375 e. The van der Waals surface area contributed by atoms with E-state index in [0.717, 1.165) is 63.6 Å². The van der Waals surface area contributed by atoms with Gasteiger partial charge in [-0.2, -0.15) is 19.8 Å². The van der Waals surface area contributed by atoms with Crippen LogP contribution in [-0.4, -0.2) is 90.8 Å². The number of imide groups is 1. The Labute approximate surface area is 191 Å². The molecule has 1 N–H and O–H groups in total. The molecule has 32 heavy (non-hydrogen) atoms. The zero-order valence-corrected chi connectivity index (χ0v) is 20.0. The molecule has 0 aromatic heterocycles. The van der Waals surface area contributed by atoms with Crippen molar-refractivity contribution < 1.29 is 14.1 Å². The Balaban J connectivity index is 1.67. The molecule has 2 saturated heterocycles. The number of rotatable bonds is 5. The summed E-state index contributed by atoms with van der Waals surface area (Å²) in [6.07, 6.45) is 8.03. The van der Waals surface area contributed by atoms with E-state index in [4.69, 9.17) is 0 Å². The fourth-order valence-electron chi connectivity index (χ4n) is 5.86. The smallest absolute Gasteiger partial charge is 0.363 e. The van der Waals surface area contributed by atoms with Gasteiger partial charge < -0.3 is 10.3 Å². The summed E-state index contributed by atoms with van der Waals surface area (Å²) in [7, 11) is 5.62. The van der Waals surface area contributed by atoms with E-state index in [1.807, 2.05) is 25.9 Å². The molecule has 3 fully saturated rings. The highest BCUT2D eigenvalue weighted by Gasteiger charge is 2.64. The molecule has 4 rings (SSSR count). The summed E-state index contributed by atoms with van der Waals surface area (Å²) in [5.41, 5.74) is 5.14. The molecular formula is C23H38N7O2+. The van der Waals surface area contributed by atoms with Crippen LogP contribution in [-0.2, 0) is 9.59 Å². The van der Waals surface area contributed by atoms with Crippen LogP contribution in [0.25, 0.3) is 0 Å². The molecule has 1 spiro atoms. The van der Waals surface area contributed by atoms with E-state index in [2.05, 4.69) is 25.7 Å².